The number of benzene rings is 2. The Morgan fingerprint density at radius 1 is 0.875 bits per heavy atom. The van der Waals surface area contributed by atoms with Crippen molar-refractivity contribution >= 4 is 11.6 Å². The number of rotatable bonds is 5. The number of halogens is 1. The number of nitrogens with zero attached hydrogens (tertiary/aromatic N) is 3. The van der Waals surface area contributed by atoms with Crippen molar-refractivity contribution in [3.05, 3.63) is 95.0 Å². The Hall–Kier alpha value is -2.70. The first-order chi connectivity index (χ1) is 11.7. The maximum Gasteiger partial charge on any atom is 0.115 e. The second-order valence-electron chi connectivity index (χ2n) is 5.79. The molecule has 3 nitrogen and oxygen atoms in total. The zero-order valence-corrected chi connectivity index (χ0v) is 13.8. The van der Waals surface area contributed by atoms with E-state index in [9.17, 15) is 5.26 Å². The Bertz CT molecular complexity index is 783. The zero-order chi connectivity index (χ0) is 16.8. The highest BCUT2D eigenvalue weighted by molar-refractivity contribution is 6.30. The molecule has 0 radical (unpaired) electrons. The molecule has 0 bridgehead atoms. The van der Waals surface area contributed by atoms with Gasteiger partial charge in [0.15, 0.2) is 0 Å². The van der Waals surface area contributed by atoms with Crippen molar-refractivity contribution in [1.29, 1.82) is 5.26 Å². The normalized spacial score (nSPS) is 13.0. The fourth-order valence-electron chi connectivity index (χ4n) is 2.89. The lowest BCUT2D eigenvalue weighted by Crippen LogP contribution is -2.30. The monoisotopic (exact) mass is 333 g/mol. The second kappa shape index (κ2) is 7.25. The molecule has 0 fully saturated rings. The summed E-state index contributed by atoms with van der Waals surface area (Å²) < 4.78 is 0. The van der Waals surface area contributed by atoms with E-state index in [-0.39, 0.29) is 0 Å². The number of hydrogen-bond acceptors (Lipinski definition) is 3. The van der Waals surface area contributed by atoms with Gasteiger partial charge in [-0.25, -0.2) is 9.97 Å². The van der Waals surface area contributed by atoms with Crippen molar-refractivity contribution in [2.24, 2.45) is 0 Å². The van der Waals surface area contributed by atoms with Gasteiger partial charge in [-0.3, -0.25) is 0 Å². The quantitative estimate of drug-likeness (QED) is 0.696. The SMILES string of the molecule is N#CC(Cc1ccccc1)(Cc1cncnc1)c1ccc(Cl)cc1. The summed E-state index contributed by atoms with van der Waals surface area (Å²) in [5.41, 5.74) is 2.30. The number of aromatic nitrogens is 2. The molecular weight excluding hydrogens is 318 g/mol. The summed E-state index contributed by atoms with van der Waals surface area (Å²) in [6, 6.07) is 20.1. The van der Waals surface area contributed by atoms with Gasteiger partial charge in [0.25, 0.3) is 0 Å². The van der Waals surface area contributed by atoms with Crippen molar-refractivity contribution in [2.45, 2.75) is 18.3 Å². The number of hydrogen-bond donors (Lipinski definition) is 0. The highest BCUT2D eigenvalue weighted by atomic mass is 35.5. The molecule has 0 N–H and O–H groups in total. The highest BCUT2D eigenvalue weighted by Crippen LogP contribution is 2.32. The summed E-state index contributed by atoms with van der Waals surface area (Å²) in [5, 5.41) is 10.8. The minimum absolute atomic E-state index is 0.543. The molecule has 1 aromatic heterocycles. The predicted molar refractivity (Wildman–Crippen MR) is 94.6 cm³/mol. The van der Waals surface area contributed by atoms with Crippen molar-refractivity contribution in [3.8, 4) is 6.07 Å². The fraction of sp³-hybridized carbons (Fsp3) is 0.150. The molecule has 0 amide bonds. The largest absolute Gasteiger partial charge is 0.245 e. The Morgan fingerprint density at radius 3 is 2.12 bits per heavy atom. The van der Waals surface area contributed by atoms with Crippen molar-refractivity contribution in [2.75, 3.05) is 0 Å². The number of nitriles is 1. The molecule has 0 aliphatic rings. The molecular formula is C20H16ClN3. The van der Waals surface area contributed by atoms with E-state index in [1.165, 1.54) is 6.33 Å². The van der Waals surface area contributed by atoms with Gasteiger partial charge in [0, 0.05) is 17.4 Å². The molecule has 0 saturated heterocycles. The van der Waals surface area contributed by atoms with E-state index < -0.39 is 5.41 Å². The van der Waals surface area contributed by atoms with E-state index in [1.54, 1.807) is 12.4 Å². The summed E-state index contributed by atoms with van der Waals surface area (Å²) in [7, 11) is 0. The Balaban J connectivity index is 2.04. The third-order valence-electron chi connectivity index (χ3n) is 4.08. The first-order valence-electron chi connectivity index (χ1n) is 7.67. The van der Waals surface area contributed by atoms with Gasteiger partial charge in [-0.2, -0.15) is 5.26 Å². The van der Waals surface area contributed by atoms with Crippen molar-refractivity contribution in [1.82, 2.24) is 9.97 Å². The fourth-order valence-corrected chi connectivity index (χ4v) is 3.02. The molecule has 1 unspecified atom stereocenters. The van der Waals surface area contributed by atoms with E-state index in [2.05, 4.69) is 16.0 Å². The standard InChI is InChI=1S/C20H16ClN3/c21-19-8-6-18(7-9-19)20(14-22,10-16-4-2-1-3-5-16)11-17-12-23-15-24-13-17/h1-9,12-13,15H,10-11H2. The van der Waals surface area contributed by atoms with Crippen LogP contribution in [0.15, 0.2) is 73.3 Å². The molecule has 3 rings (SSSR count). The molecule has 1 heterocycles. The van der Waals surface area contributed by atoms with Gasteiger partial charge < -0.3 is 0 Å². The van der Waals surface area contributed by atoms with Crippen molar-refractivity contribution in [3.63, 3.8) is 0 Å². The molecule has 1 atom stereocenters. The van der Waals surface area contributed by atoms with Crippen LogP contribution >= 0.6 is 11.6 Å². The van der Waals surface area contributed by atoms with E-state index >= 15 is 0 Å². The van der Waals surface area contributed by atoms with Gasteiger partial charge in [0.2, 0.25) is 0 Å². The minimum Gasteiger partial charge on any atom is -0.245 e. The molecule has 24 heavy (non-hydrogen) atoms. The van der Waals surface area contributed by atoms with Crippen LogP contribution in [0, 0.1) is 11.3 Å². The summed E-state index contributed by atoms with van der Waals surface area (Å²) in [4.78, 5) is 8.15. The van der Waals surface area contributed by atoms with Gasteiger partial charge in [-0.15, -0.1) is 0 Å². The van der Waals surface area contributed by atoms with Crippen LogP contribution in [0.4, 0.5) is 0 Å². The van der Waals surface area contributed by atoms with Crippen LogP contribution in [0.3, 0.4) is 0 Å². The molecule has 118 valence electrons. The summed E-state index contributed by atoms with van der Waals surface area (Å²) >= 11 is 6.02. The van der Waals surface area contributed by atoms with Gasteiger partial charge >= 0.3 is 0 Å². The summed E-state index contributed by atoms with van der Waals surface area (Å²) in [6.07, 6.45) is 6.18. The first kappa shape index (κ1) is 16.2. The maximum atomic E-state index is 10.1. The van der Waals surface area contributed by atoms with Crippen LogP contribution in [0.2, 0.25) is 5.02 Å². The van der Waals surface area contributed by atoms with Gasteiger partial charge in [-0.05, 0) is 41.7 Å². The lowest BCUT2D eigenvalue weighted by Gasteiger charge is -2.27. The van der Waals surface area contributed by atoms with E-state index in [0.29, 0.717) is 17.9 Å². The van der Waals surface area contributed by atoms with Crippen molar-refractivity contribution < 1.29 is 0 Å². The van der Waals surface area contributed by atoms with Crippen LogP contribution in [0.5, 0.6) is 0 Å². The predicted octanol–water partition coefficient (Wildman–Crippen LogP) is 4.38. The minimum atomic E-state index is -0.698. The van der Waals surface area contributed by atoms with Crippen LogP contribution in [0.1, 0.15) is 16.7 Å². The molecule has 2 aromatic carbocycles. The molecule has 0 spiro atoms. The molecule has 0 aliphatic carbocycles. The van der Waals surface area contributed by atoms with E-state index in [4.69, 9.17) is 11.6 Å². The third-order valence-corrected chi connectivity index (χ3v) is 4.33. The Morgan fingerprint density at radius 2 is 1.50 bits per heavy atom. The lowest BCUT2D eigenvalue weighted by molar-refractivity contribution is 0.539. The molecule has 0 aliphatic heterocycles. The highest BCUT2D eigenvalue weighted by Gasteiger charge is 2.33. The van der Waals surface area contributed by atoms with Crippen LogP contribution in [-0.2, 0) is 18.3 Å². The first-order valence-corrected chi connectivity index (χ1v) is 8.05. The maximum absolute atomic E-state index is 10.1. The second-order valence-corrected chi connectivity index (χ2v) is 6.22. The summed E-state index contributed by atoms with van der Waals surface area (Å²) in [6.45, 7) is 0. The van der Waals surface area contributed by atoms with Gasteiger partial charge in [0.05, 0.1) is 11.5 Å². The zero-order valence-electron chi connectivity index (χ0n) is 13.1. The van der Waals surface area contributed by atoms with Crippen LogP contribution < -0.4 is 0 Å². The molecule has 4 heteroatoms. The summed E-state index contributed by atoms with van der Waals surface area (Å²) in [5.74, 6) is 0. The van der Waals surface area contributed by atoms with Gasteiger partial charge in [0.1, 0.15) is 6.33 Å². The lowest BCUT2D eigenvalue weighted by atomic mass is 9.73. The third kappa shape index (κ3) is 3.61. The van der Waals surface area contributed by atoms with Crippen LogP contribution in [0.25, 0.3) is 0 Å². The topological polar surface area (TPSA) is 49.6 Å². The smallest absolute Gasteiger partial charge is 0.115 e. The van der Waals surface area contributed by atoms with Gasteiger partial charge in [-0.1, -0.05) is 54.1 Å². The average molecular weight is 334 g/mol. The average Bonchev–Trinajstić information content (AvgIpc) is 2.63. The Labute approximate surface area is 146 Å². The molecule has 3 aromatic rings. The Kier molecular flexibility index (Phi) is 4.88. The van der Waals surface area contributed by atoms with E-state index in [0.717, 1.165) is 16.7 Å². The van der Waals surface area contributed by atoms with E-state index in [1.807, 2.05) is 54.6 Å². The van der Waals surface area contributed by atoms with Crippen LogP contribution in [-0.4, -0.2) is 9.97 Å². The molecule has 0 saturated carbocycles.